The number of phosphoric ester groups is 2. The number of aliphatic hydroxyl groups is 1. The highest BCUT2D eigenvalue weighted by atomic mass is 31.2. The van der Waals surface area contributed by atoms with Crippen molar-refractivity contribution < 1.29 is 80.2 Å². The highest BCUT2D eigenvalue weighted by molar-refractivity contribution is 7.47. The molecule has 17 nitrogen and oxygen atoms in total. The van der Waals surface area contributed by atoms with Crippen LogP contribution in [-0.4, -0.2) is 96.7 Å². The summed E-state index contributed by atoms with van der Waals surface area (Å²) < 4.78 is 67.9. The first kappa shape index (κ1) is 79.1. The van der Waals surface area contributed by atoms with E-state index in [0.29, 0.717) is 31.6 Å². The zero-order chi connectivity index (χ0) is 60.4. The van der Waals surface area contributed by atoms with E-state index < -0.39 is 97.5 Å². The number of hydrogen-bond acceptors (Lipinski definition) is 15. The number of phosphoric acid groups is 2. The molecular formula is C62H120O17P2. The zero-order valence-corrected chi connectivity index (χ0v) is 54.2. The van der Waals surface area contributed by atoms with E-state index in [0.717, 1.165) is 114 Å². The van der Waals surface area contributed by atoms with Gasteiger partial charge in [0, 0.05) is 25.7 Å². The average molecular weight is 1200 g/mol. The molecular weight excluding hydrogens is 1080 g/mol. The minimum Gasteiger partial charge on any atom is -0.462 e. The Labute approximate surface area is 492 Å². The van der Waals surface area contributed by atoms with Gasteiger partial charge in [-0.05, 0) is 49.4 Å². The summed E-state index contributed by atoms with van der Waals surface area (Å²) in [6.07, 6.45) is 31.0. The summed E-state index contributed by atoms with van der Waals surface area (Å²) in [5.74, 6) is 0.697. The van der Waals surface area contributed by atoms with Gasteiger partial charge in [-0.15, -0.1) is 0 Å². The molecule has 4 unspecified atom stereocenters. The maximum atomic E-state index is 12.9. The van der Waals surface area contributed by atoms with Gasteiger partial charge in [0.1, 0.15) is 19.3 Å². The molecule has 0 saturated carbocycles. The Bertz CT molecular complexity index is 1630. The molecule has 0 aromatic heterocycles. The second-order valence-corrected chi connectivity index (χ2v) is 27.0. The fraction of sp³-hybridized carbons (Fsp3) is 0.935. The van der Waals surface area contributed by atoms with E-state index in [2.05, 4.69) is 55.4 Å². The van der Waals surface area contributed by atoms with Gasteiger partial charge in [0.15, 0.2) is 12.2 Å². The molecule has 0 aromatic carbocycles. The molecule has 0 aromatic rings. The lowest BCUT2D eigenvalue weighted by molar-refractivity contribution is -0.161. The first-order chi connectivity index (χ1) is 38.6. The topological polar surface area (TPSA) is 237 Å². The van der Waals surface area contributed by atoms with E-state index in [1.54, 1.807) is 0 Å². The predicted molar refractivity (Wildman–Crippen MR) is 321 cm³/mol. The largest absolute Gasteiger partial charge is 0.472 e. The smallest absolute Gasteiger partial charge is 0.462 e. The molecule has 0 radical (unpaired) electrons. The highest BCUT2D eigenvalue weighted by Gasteiger charge is 2.30. The van der Waals surface area contributed by atoms with Gasteiger partial charge in [-0.25, -0.2) is 9.13 Å². The summed E-state index contributed by atoms with van der Waals surface area (Å²) in [5.41, 5.74) is 0. The Morgan fingerprint density at radius 3 is 0.877 bits per heavy atom. The van der Waals surface area contributed by atoms with Gasteiger partial charge < -0.3 is 33.8 Å². The third kappa shape index (κ3) is 55.7. The average Bonchev–Trinajstić information content (AvgIpc) is 3.41. The molecule has 0 rings (SSSR count). The standard InChI is InChI=1S/C62H120O17P2/c1-9-55(8)41-33-25-19-21-27-35-43-60(65)73-49-58(79-62(67)45-37-29-20-18-24-32-40-54(6)7)51-77-81(70,71)75-47-56(63)46-74-80(68,69)76-50-57(78-61(66)44-36-28-17-13-11-15-23-31-39-53(4)5)48-72-59(64)42-34-26-16-12-10-14-22-30-38-52(2)3/h52-58,63H,9-51H2,1-8H3,(H,68,69)(H,70,71)/t55?,56?,57-,58-/m1/s1. The number of ether oxygens (including phenoxy) is 4. The number of carbonyl (C=O) groups is 4. The first-order valence-corrected chi connectivity index (χ1v) is 35.2. The third-order valence-electron chi connectivity index (χ3n) is 14.4. The van der Waals surface area contributed by atoms with Crippen LogP contribution in [0.4, 0.5) is 0 Å². The molecule has 0 fully saturated rings. The number of carbonyl (C=O) groups excluding carboxylic acids is 4. The lowest BCUT2D eigenvalue weighted by Gasteiger charge is -2.21. The van der Waals surface area contributed by atoms with Gasteiger partial charge in [0.05, 0.1) is 26.4 Å². The maximum Gasteiger partial charge on any atom is 0.472 e. The van der Waals surface area contributed by atoms with Crippen LogP contribution >= 0.6 is 15.6 Å². The number of unbranched alkanes of at least 4 members (excludes halogenated alkanes) is 24. The lowest BCUT2D eigenvalue weighted by Crippen LogP contribution is -2.30. The Kier molecular flexibility index (Phi) is 51.1. The zero-order valence-electron chi connectivity index (χ0n) is 52.4. The predicted octanol–water partition coefficient (Wildman–Crippen LogP) is 16.6. The summed E-state index contributed by atoms with van der Waals surface area (Å²) in [5, 5.41) is 10.5. The van der Waals surface area contributed by atoms with Gasteiger partial charge in [0.2, 0.25) is 0 Å². The van der Waals surface area contributed by atoms with E-state index in [9.17, 15) is 43.2 Å². The van der Waals surface area contributed by atoms with E-state index >= 15 is 0 Å². The number of rotatable bonds is 59. The van der Waals surface area contributed by atoms with Crippen molar-refractivity contribution in [2.24, 2.45) is 23.7 Å². The van der Waals surface area contributed by atoms with Crippen molar-refractivity contribution in [1.29, 1.82) is 0 Å². The highest BCUT2D eigenvalue weighted by Crippen LogP contribution is 2.45. The maximum absolute atomic E-state index is 12.9. The van der Waals surface area contributed by atoms with Crippen LogP contribution < -0.4 is 0 Å². The van der Waals surface area contributed by atoms with Gasteiger partial charge in [-0.1, -0.05) is 242 Å². The first-order valence-electron chi connectivity index (χ1n) is 32.2. The van der Waals surface area contributed by atoms with Gasteiger partial charge in [0.25, 0.3) is 0 Å². The number of hydrogen-bond donors (Lipinski definition) is 3. The van der Waals surface area contributed by atoms with Crippen LogP contribution in [0.2, 0.25) is 0 Å². The van der Waals surface area contributed by atoms with E-state index in [4.69, 9.17) is 37.0 Å². The van der Waals surface area contributed by atoms with Crippen molar-refractivity contribution in [1.82, 2.24) is 0 Å². The molecule has 0 aliphatic heterocycles. The Morgan fingerprint density at radius 2 is 0.593 bits per heavy atom. The minimum atomic E-state index is -4.94. The molecule has 0 spiro atoms. The van der Waals surface area contributed by atoms with E-state index in [1.165, 1.54) is 89.9 Å². The quantitative estimate of drug-likeness (QED) is 0.0222. The normalized spacial score (nSPS) is 14.8. The summed E-state index contributed by atoms with van der Waals surface area (Å²) in [6.45, 7) is 13.9. The fourth-order valence-corrected chi connectivity index (χ4v) is 10.6. The molecule has 0 amide bonds. The summed E-state index contributed by atoms with van der Waals surface area (Å²) in [4.78, 5) is 72.1. The third-order valence-corrected chi connectivity index (χ3v) is 16.3. The van der Waals surface area contributed by atoms with Gasteiger partial charge in [-0.3, -0.25) is 37.3 Å². The molecule has 0 aliphatic rings. The molecule has 0 aliphatic carbocycles. The SMILES string of the molecule is CCC(C)CCCCCCCCC(=O)OC[C@H](COP(=O)(O)OCC(O)COP(=O)(O)OC[C@@H](COC(=O)CCCCCCCCCCC(C)C)OC(=O)CCCCCCCCCCC(C)C)OC(=O)CCCCCCCCC(C)C. The molecule has 3 N–H and O–H groups in total. The Morgan fingerprint density at radius 1 is 0.346 bits per heavy atom. The van der Waals surface area contributed by atoms with Crippen LogP contribution in [0.1, 0.15) is 293 Å². The molecule has 480 valence electrons. The molecule has 6 atom stereocenters. The van der Waals surface area contributed by atoms with E-state index in [-0.39, 0.29) is 25.7 Å². The van der Waals surface area contributed by atoms with Crippen LogP contribution in [0.5, 0.6) is 0 Å². The van der Waals surface area contributed by atoms with Crippen LogP contribution in [0.3, 0.4) is 0 Å². The number of aliphatic hydroxyl groups excluding tert-OH is 1. The van der Waals surface area contributed by atoms with Crippen molar-refractivity contribution in [2.45, 2.75) is 311 Å². The molecule has 0 bridgehead atoms. The monoisotopic (exact) mass is 1200 g/mol. The Hall–Kier alpha value is -1.94. The molecule has 0 saturated heterocycles. The van der Waals surface area contributed by atoms with Crippen LogP contribution in [0, 0.1) is 23.7 Å². The van der Waals surface area contributed by atoms with Crippen molar-refractivity contribution in [3.05, 3.63) is 0 Å². The summed E-state index contributed by atoms with van der Waals surface area (Å²) in [7, 11) is -9.88. The van der Waals surface area contributed by atoms with Crippen LogP contribution in [-0.2, 0) is 65.4 Å². The summed E-state index contributed by atoms with van der Waals surface area (Å²) >= 11 is 0. The number of esters is 4. The van der Waals surface area contributed by atoms with Gasteiger partial charge in [-0.2, -0.15) is 0 Å². The lowest BCUT2D eigenvalue weighted by atomic mass is 10.00. The second-order valence-electron chi connectivity index (χ2n) is 24.1. The van der Waals surface area contributed by atoms with Crippen LogP contribution in [0.15, 0.2) is 0 Å². The second kappa shape index (κ2) is 52.4. The van der Waals surface area contributed by atoms with Gasteiger partial charge >= 0.3 is 39.5 Å². The van der Waals surface area contributed by atoms with Crippen molar-refractivity contribution >= 4 is 39.5 Å². The molecule has 81 heavy (non-hydrogen) atoms. The van der Waals surface area contributed by atoms with Crippen molar-refractivity contribution in [3.8, 4) is 0 Å². The summed E-state index contributed by atoms with van der Waals surface area (Å²) in [6, 6.07) is 0. The minimum absolute atomic E-state index is 0.100. The van der Waals surface area contributed by atoms with Crippen molar-refractivity contribution in [2.75, 3.05) is 39.6 Å². The Balaban J connectivity index is 5.25. The van der Waals surface area contributed by atoms with E-state index in [1.807, 2.05) is 0 Å². The molecule has 19 heteroatoms. The van der Waals surface area contributed by atoms with Crippen LogP contribution in [0.25, 0.3) is 0 Å². The van der Waals surface area contributed by atoms with Crippen molar-refractivity contribution in [3.63, 3.8) is 0 Å². The molecule has 0 heterocycles. The fourth-order valence-electron chi connectivity index (χ4n) is 9.04.